The minimum Gasteiger partial charge on any atom is -0.341 e. The molecule has 32 heavy (non-hydrogen) atoms. The molecule has 0 bridgehead atoms. The Morgan fingerprint density at radius 2 is 1.78 bits per heavy atom. The number of imidazole rings is 1. The van der Waals surface area contributed by atoms with Crippen molar-refractivity contribution in [1.29, 1.82) is 0 Å². The first-order chi connectivity index (χ1) is 15.8. The van der Waals surface area contributed by atoms with Gasteiger partial charge in [0, 0.05) is 52.5 Å². The van der Waals surface area contributed by atoms with Crippen molar-refractivity contribution in [3.8, 4) is 28.3 Å². The van der Waals surface area contributed by atoms with Gasteiger partial charge >= 0.3 is 0 Å². The molecule has 6 rings (SSSR count). The Bertz CT molecular complexity index is 1480. The topological polar surface area (TPSA) is 100 Å². The minimum absolute atomic E-state index is 0.658. The zero-order valence-corrected chi connectivity index (χ0v) is 16.9. The standard InChI is InChI=1S/C24H18N8/c1-2-18(11-21-17(1)12-23(30-21)32-10-9-25-15-32)24-26-8-7-22(31-24)29-20-5-3-16(4-6-20)19-13-27-28-14-19/h1-15,30H,(H,27,28)(H,26,29,31). The highest BCUT2D eigenvalue weighted by molar-refractivity contribution is 5.86. The number of hydrogen-bond donors (Lipinski definition) is 3. The monoisotopic (exact) mass is 418 g/mol. The number of aromatic nitrogens is 7. The van der Waals surface area contributed by atoms with Gasteiger partial charge in [0.05, 0.1) is 6.20 Å². The number of rotatable bonds is 5. The van der Waals surface area contributed by atoms with E-state index in [1.54, 1.807) is 24.9 Å². The van der Waals surface area contributed by atoms with Crippen LogP contribution in [0.1, 0.15) is 0 Å². The average molecular weight is 418 g/mol. The number of fused-ring (bicyclic) bond motifs is 1. The lowest BCUT2D eigenvalue weighted by molar-refractivity contribution is 1.02. The van der Waals surface area contributed by atoms with Crippen LogP contribution in [0, 0.1) is 0 Å². The number of hydrogen-bond acceptors (Lipinski definition) is 5. The van der Waals surface area contributed by atoms with Crippen LogP contribution >= 0.6 is 0 Å². The molecule has 4 heterocycles. The molecule has 0 aliphatic heterocycles. The molecule has 0 fully saturated rings. The molecule has 0 aliphatic rings. The van der Waals surface area contributed by atoms with Gasteiger partial charge < -0.3 is 10.3 Å². The highest BCUT2D eigenvalue weighted by Gasteiger charge is 2.08. The van der Waals surface area contributed by atoms with Gasteiger partial charge in [-0.3, -0.25) is 9.67 Å². The maximum atomic E-state index is 4.71. The summed E-state index contributed by atoms with van der Waals surface area (Å²) < 4.78 is 1.94. The molecule has 0 radical (unpaired) electrons. The van der Waals surface area contributed by atoms with Gasteiger partial charge in [0.15, 0.2) is 5.82 Å². The number of nitrogens with zero attached hydrogens (tertiary/aromatic N) is 5. The molecular weight excluding hydrogens is 400 g/mol. The van der Waals surface area contributed by atoms with Gasteiger partial charge in [-0.1, -0.05) is 24.3 Å². The van der Waals surface area contributed by atoms with Crippen LogP contribution in [0.4, 0.5) is 11.5 Å². The predicted octanol–water partition coefficient (Wildman–Crippen LogP) is 4.94. The lowest BCUT2D eigenvalue weighted by Gasteiger charge is -2.08. The van der Waals surface area contributed by atoms with E-state index >= 15 is 0 Å². The summed E-state index contributed by atoms with van der Waals surface area (Å²) in [6, 6.07) is 18.3. The number of anilines is 2. The molecule has 0 aliphatic carbocycles. The van der Waals surface area contributed by atoms with Gasteiger partial charge in [-0.05, 0) is 35.9 Å². The number of H-pyrrole nitrogens is 2. The Morgan fingerprint density at radius 1 is 0.875 bits per heavy atom. The Labute approximate surface area is 183 Å². The highest BCUT2D eigenvalue weighted by atomic mass is 15.1. The summed E-state index contributed by atoms with van der Waals surface area (Å²) in [6.07, 6.45) is 10.9. The first-order valence-corrected chi connectivity index (χ1v) is 10.1. The largest absolute Gasteiger partial charge is 0.341 e. The van der Waals surface area contributed by atoms with Crippen LogP contribution in [0.3, 0.4) is 0 Å². The maximum Gasteiger partial charge on any atom is 0.161 e. The van der Waals surface area contributed by atoms with Crippen LogP contribution in [-0.4, -0.2) is 34.7 Å². The van der Waals surface area contributed by atoms with E-state index in [9.17, 15) is 0 Å². The molecule has 8 nitrogen and oxygen atoms in total. The number of benzene rings is 2. The first kappa shape index (κ1) is 18.1. The van der Waals surface area contributed by atoms with E-state index < -0.39 is 0 Å². The lowest BCUT2D eigenvalue weighted by atomic mass is 10.1. The fourth-order valence-corrected chi connectivity index (χ4v) is 3.66. The molecule has 0 saturated carbocycles. The second-order valence-electron chi connectivity index (χ2n) is 7.38. The van der Waals surface area contributed by atoms with Crippen LogP contribution in [0.2, 0.25) is 0 Å². The first-order valence-electron chi connectivity index (χ1n) is 10.1. The second kappa shape index (κ2) is 7.51. The predicted molar refractivity (Wildman–Crippen MR) is 124 cm³/mol. The molecule has 4 aromatic heterocycles. The summed E-state index contributed by atoms with van der Waals surface area (Å²) in [5, 5.41) is 11.3. The van der Waals surface area contributed by atoms with E-state index in [-0.39, 0.29) is 0 Å². The normalized spacial score (nSPS) is 11.1. The van der Waals surface area contributed by atoms with Crippen LogP contribution in [-0.2, 0) is 0 Å². The van der Waals surface area contributed by atoms with Crippen molar-refractivity contribution in [3.63, 3.8) is 0 Å². The van der Waals surface area contributed by atoms with Crippen LogP contribution in [0.5, 0.6) is 0 Å². The van der Waals surface area contributed by atoms with Crippen molar-refractivity contribution in [2.24, 2.45) is 0 Å². The van der Waals surface area contributed by atoms with E-state index in [4.69, 9.17) is 4.98 Å². The molecule has 0 spiro atoms. The summed E-state index contributed by atoms with van der Waals surface area (Å²) in [5.74, 6) is 2.35. The van der Waals surface area contributed by atoms with Crippen molar-refractivity contribution in [2.45, 2.75) is 0 Å². The van der Waals surface area contributed by atoms with Crippen molar-refractivity contribution < 1.29 is 0 Å². The van der Waals surface area contributed by atoms with E-state index in [0.717, 1.165) is 44.9 Å². The molecule has 0 atom stereocenters. The summed E-state index contributed by atoms with van der Waals surface area (Å²) >= 11 is 0. The molecule has 0 unspecified atom stereocenters. The fourth-order valence-electron chi connectivity index (χ4n) is 3.66. The summed E-state index contributed by atoms with van der Waals surface area (Å²) in [7, 11) is 0. The Morgan fingerprint density at radius 3 is 2.59 bits per heavy atom. The van der Waals surface area contributed by atoms with Gasteiger partial charge in [0.25, 0.3) is 0 Å². The SMILES string of the molecule is c1cn(-c2cc3ccc(-c4nccc(Nc5ccc(-c6cn[nH]c6)cc5)n4)cc3[nH]2)cn1. The molecule has 0 saturated heterocycles. The minimum atomic E-state index is 0.658. The number of aromatic amines is 2. The fraction of sp³-hybridized carbons (Fsp3) is 0. The van der Waals surface area contributed by atoms with Crippen LogP contribution in [0.15, 0.2) is 91.9 Å². The average Bonchev–Trinajstić information content (AvgIpc) is 3.61. The zero-order valence-electron chi connectivity index (χ0n) is 16.9. The van der Waals surface area contributed by atoms with E-state index in [0.29, 0.717) is 5.82 Å². The van der Waals surface area contributed by atoms with E-state index in [2.05, 4.69) is 48.7 Å². The summed E-state index contributed by atoms with van der Waals surface area (Å²) in [6.45, 7) is 0. The summed E-state index contributed by atoms with van der Waals surface area (Å²) in [5.41, 5.74) is 5.06. The van der Waals surface area contributed by atoms with Crippen LogP contribution in [0.25, 0.3) is 39.2 Å². The Hall–Kier alpha value is -4.72. The molecule has 3 N–H and O–H groups in total. The van der Waals surface area contributed by atoms with Crippen LogP contribution < -0.4 is 5.32 Å². The van der Waals surface area contributed by atoms with Gasteiger partial charge in [0.2, 0.25) is 0 Å². The van der Waals surface area contributed by atoms with E-state index in [1.807, 2.05) is 53.4 Å². The zero-order chi connectivity index (χ0) is 21.3. The summed E-state index contributed by atoms with van der Waals surface area (Å²) in [4.78, 5) is 16.7. The quantitative estimate of drug-likeness (QED) is 0.368. The maximum absolute atomic E-state index is 4.71. The van der Waals surface area contributed by atoms with Gasteiger partial charge in [0.1, 0.15) is 18.0 Å². The van der Waals surface area contributed by atoms with Gasteiger partial charge in [-0.2, -0.15) is 5.10 Å². The molecule has 154 valence electrons. The highest BCUT2D eigenvalue weighted by Crippen LogP contribution is 2.26. The van der Waals surface area contributed by atoms with Crippen molar-refractivity contribution >= 4 is 22.4 Å². The third-order valence-electron chi connectivity index (χ3n) is 5.29. The van der Waals surface area contributed by atoms with Crippen molar-refractivity contribution in [3.05, 3.63) is 91.9 Å². The molecule has 0 amide bonds. The third-order valence-corrected chi connectivity index (χ3v) is 5.29. The molecule has 2 aromatic carbocycles. The van der Waals surface area contributed by atoms with Gasteiger partial charge in [-0.15, -0.1) is 0 Å². The number of nitrogens with one attached hydrogen (secondary N) is 3. The van der Waals surface area contributed by atoms with E-state index in [1.165, 1.54) is 0 Å². The third kappa shape index (κ3) is 3.39. The molecular formula is C24H18N8. The van der Waals surface area contributed by atoms with Gasteiger partial charge in [-0.25, -0.2) is 15.0 Å². The molecule has 6 aromatic rings. The Kier molecular flexibility index (Phi) is 4.25. The second-order valence-corrected chi connectivity index (χ2v) is 7.38. The Balaban J connectivity index is 1.26. The van der Waals surface area contributed by atoms with Crippen molar-refractivity contribution in [2.75, 3.05) is 5.32 Å². The lowest BCUT2D eigenvalue weighted by Crippen LogP contribution is -1.96. The van der Waals surface area contributed by atoms with Crippen molar-refractivity contribution in [1.82, 2.24) is 34.7 Å². The smallest absolute Gasteiger partial charge is 0.161 e. The molecule has 8 heteroatoms.